The molecule has 2 atom stereocenters. The summed E-state index contributed by atoms with van der Waals surface area (Å²) in [6.07, 6.45) is 18.7. The fourth-order valence-corrected chi connectivity index (χ4v) is 8.36. The molecule has 1 aromatic rings. The Morgan fingerprint density at radius 3 is 2.39 bits per heavy atom. The third kappa shape index (κ3) is 6.55. The lowest BCUT2D eigenvalue weighted by atomic mass is 9.71. The quantitative estimate of drug-likeness (QED) is 0.256. The monoisotopic (exact) mass is 555 g/mol. The molecule has 0 radical (unpaired) electrons. The zero-order valence-corrected chi connectivity index (χ0v) is 27.0. The Morgan fingerprint density at radius 1 is 1.00 bits per heavy atom. The summed E-state index contributed by atoms with van der Waals surface area (Å²) in [5, 5.41) is 0. The predicted octanol–water partition coefficient (Wildman–Crippen LogP) is 9.85. The molecule has 2 saturated heterocycles. The number of aromatic nitrogens is 1. The molecule has 1 aromatic heterocycles. The number of likely N-dealkylation sites (tertiary alicyclic amines) is 1. The highest BCUT2D eigenvalue weighted by Gasteiger charge is 2.35. The number of pyridine rings is 1. The average molecular weight is 556 g/mol. The van der Waals surface area contributed by atoms with Gasteiger partial charge in [0, 0.05) is 44.0 Å². The zero-order valence-electron chi connectivity index (χ0n) is 27.0. The number of allylic oxidation sites excluding steroid dienone is 6. The molecule has 0 spiro atoms. The van der Waals surface area contributed by atoms with Crippen molar-refractivity contribution in [3.63, 3.8) is 0 Å². The van der Waals surface area contributed by atoms with Gasteiger partial charge in [-0.15, -0.1) is 0 Å². The largest absolute Gasteiger partial charge is 0.374 e. The van der Waals surface area contributed by atoms with Crippen molar-refractivity contribution in [2.45, 2.75) is 111 Å². The molecule has 41 heavy (non-hydrogen) atoms. The van der Waals surface area contributed by atoms with Crippen LogP contribution in [0.4, 0.5) is 5.82 Å². The van der Waals surface area contributed by atoms with Gasteiger partial charge in [-0.3, -0.25) is 0 Å². The molecule has 0 saturated carbocycles. The fraction of sp³-hybridized carbons (Fsp3) is 0.658. The molecule has 2 unspecified atom stereocenters. The summed E-state index contributed by atoms with van der Waals surface area (Å²) in [5.74, 6) is 3.89. The second-order valence-electron chi connectivity index (χ2n) is 14.4. The number of piperidine rings is 1. The summed E-state index contributed by atoms with van der Waals surface area (Å²) in [5.41, 5.74) is 8.99. The lowest BCUT2D eigenvalue weighted by Gasteiger charge is -2.44. The van der Waals surface area contributed by atoms with E-state index < -0.39 is 0 Å². The highest BCUT2D eigenvalue weighted by atomic mass is 15.2. The van der Waals surface area contributed by atoms with Gasteiger partial charge >= 0.3 is 0 Å². The van der Waals surface area contributed by atoms with Gasteiger partial charge in [-0.1, -0.05) is 73.1 Å². The van der Waals surface area contributed by atoms with Gasteiger partial charge in [-0.05, 0) is 115 Å². The second kappa shape index (κ2) is 12.9. The van der Waals surface area contributed by atoms with Crippen LogP contribution in [0.2, 0.25) is 0 Å². The lowest BCUT2D eigenvalue weighted by Crippen LogP contribution is -2.46. The number of anilines is 1. The fourth-order valence-electron chi connectivity index (χ4n) is 8.36. The molecule has 3 heterocycles. The van der Waals surface area contributed by atoms with Gasteiger partial charge in [0.15, 0.2) is 0 Å². The summed E-state index contributed by atoms with van der Waals surface area (Å²) < 4.78 is 0. The van der Waals surface area contributed by atoms with Crippen LogP contribution in [0.3, 0.4) is 0 Å². The molecular formula is C38H57N3. The van der Waals surface area contributed by atoms with E-state index in [2.05, 4.69) is 82.0 Å². The predicted molar refractivity (Wildman–Crippen MR) is 176 cm³/mol. The molecule has 2 fully saturated rings. The van der Waals surface area contributed by atoms with Gasteiger partial charge in [0.05, 0.1) is 0 Å². The van der Waals surface area contributed by atoms with Crippen molar-refractivity contribution in [3.05, 3.63) is 71.1 Å². The van der Waals surface area contributed by atoms with Crippen molar-refractivity contribution in [2.24, 2.45) is 23.2 Å². The van der Waals surface area contributed by atoms with Crippen LogP contribution in [-0.2, 0) is 0 Å². The Bertz CT molecular complexity index is 1140. The summed E-state index contributed by atoms with van der Waals surface area (Å²) in [6.45, 7) is 25.2. The summed E-state index contributed by atoms with van der Waals surface area (Å²) in [4.78, 5) is 10.2. The maximum absolute atomic E-state index is 5.01. The van der Waals surface area contributed by atoms with Gasteiger partial charge in [0.1, 0.15) is 5.82 Å². The normalized spacial score (nSPS) is 23.7. The second-order valence-corrected chi connectivity index (χ2v) is 14.4. The average Bonchev–Trinajstić information content (AvgIpc) is 3.17. The topological polar surface area (TPSA) is 19.4 Å². The Labute approximate surface area is 251 Å². The third-order valence-corrected chi connectivity index (χ3v) is 11.2. The van der Waals surface area contributed by atoms with Gasteiger partial charge < -0.3 is 9.80 Å². The molecule has 0 bridgehead atoms. The van der Waals surface area contributed by atoms with Crippen molar-refractivity contribution in [2.75, 3.05) is 31.1 Å². The molecule has 2 aliphatic carbocycles. The molecule has 5 rings (SSSR count). The molecule has 3 heteroatoms. The Kier molecular flexibility index (Phi) is 9.51. The minimum Gasteiger partial charge on any atom is -0.374 e. The maximum atomic E-state index is 5.01. The van der Waals surface area contributed by atoms with Crippen LogP contribution in [0, 0.1) is 23.2 Å². The van der Waals surface area contributed by atoms with E-state index in [0.717, 1.165) is 31.3 Å². The number of nitrogens with zero attached hydrogens (tertiary/aromatic N) is 3. The third-order valence-electron chi connectivity index (χ3n) is 11.2. The molecular weight excluding hydrogens is 498 g/mol. The number of rotatable bonds is 12. The molecule has 2 aliphatic heterocycles. The van der Waals surface area contributed by atoms with Gasteiger partial charge in [0.2, 0.25) is 0 Å². The highest BCUT2D eigenvalue weighted by Crippen LogP contribution is 2.46. The van der Waals surface area contributed by atoms with Crippen LogP contribution in [0.15, 0.2) is 65.6 Å². The minimum absolute atomic E-state index is 0.419. The van der Waals surface area contributed by atoms with Gasteiger partial charge in [-0.2, -0.15) is 0 Å². The van der Waals surface area contributed by atoms with E-state index in [1.54, 1.807) is 0 Å². The smallest absolute Gasteiger partial charge is 0.128 e. The summed E-state index contributed by atoms with van der Waals surface area (Å²) in [6, 6.07) is 4.71. The standard InChI is InChI=1S/C38H57N3/c1-8-11-32(33-14-17-37(39-24-33)40-20-18-38(9-2,19-21-40)23-27(3)4)13-10-12-31-25-41(26-31)34-15-16-35-29(6)28(5)30(7)36(35)22-34/h14,17,22,24,27-28,31-32H,6-13,15-16,18-21,23,25-26H2,1-5H3. The van der Waals surface area contributed by atoms with Crippen LogP contribution in [0.25, 0.3) is 0 Å². The van der Waals surface area contributed by atoms with Crippen LogP contribution in [0.5, 0.6) is 0 Å². The minimum atomic E-state index is 0.419. The Balaban J connectivity index is 1.08. The van der Waals surface area contributed by atoms with E-state index in [9.17, 15) is 0 Å². The maximum Gasteiger partial charge on any atom is 0.128 e. The van der Waals surface area contributed by atoms with Crippen LogP contribution in [-0.4, -0.2) is 36.1 Å². The Morgan fingerprint density at radius 2 is 1.76 bits per heavy atom. The molecule has 0 N–H and O–H groups in total. The van der Waals surface area contributed by atoms with Gasteiger partial charge in [0.25, 0.3) is 0 Å². The molecule has 224 valence electrons. The molecule has 3 nitrogen and oxygen atoms in total. The van der Waals surface area contributed by atoms with E-state index in [1.165, 1.54) is 117 Å². The van der Waals surface area contributed by atoms with Crippen LogP contribution >= 0.6 is 0 Å². The van der Waals surface area contributed by atoms with E-state index in [4.69, 9.17) is 4.98 Å². The van der Waals surface area contributed by atoms with Crippen molar-refractivity contribution in [1.29, 1.82) is 0 Å². The zero-order chi connectivity index (χ0) is 29.1. The van der Waals surface area contributed by atoms with Crippen molar-refractivity contribution < 1.29 is 0 Å². The van der Waals surface area contributed by atoms with E-state index in [0.29, 0.717) is 17.3 Å². The SMILES string of the molecule is C=C1C2=C(CCC(N3CC(CCCC(CCC)c4ccc(N5CCC(CC)(CC(C)C)CC5)nc4)C3)=C2)C(=C)C1C. The van der Waals surface area contributed by atoms with E-state index in [1.807, 2.05) is 0 Å². The van der Waals surface area contributed by atoms with Crippen molar-refractivity contribution in [3.8, 4) is 0 Å². The first-order valence-corrected chi connectivity index (χ1v) is 17.0. The Hall–Kier alpha value is -2.29. The first kappa shape index (κ1) is 30.2. The van der Waals surface area contributed by atoms with Crippen LogP contribution in [0.1, 0.15) is 117 Å². The molecule has 0 aromatic carbocycles. The molecule has 4 aliphatic rings. The first-order chi connectivity index (χ1) is 19.7. The molecule has 0 amide bonds. The van der Waals surface area contributed by atoms with Crippen molar-refractivity contribution >= 4 is 5.82 Å². The number of hydrogen-bond acceptors (Lipinski definition) is 3. The van der Waals surface area contributed by atoms with Crippen LogP contribution < -0.4 is 4.90 Å². The first-order valence-electron chi connectivity index (χ1n) is 17.0. The van der Waals surface area contributed by atoms with E-state index in [-0.39, 0.29) is 0 Å². The van der Waals surface area contributed by atoms with E-state index >= 15 is 0 Å². The van der Waals surface area contributed by atoms with Gasteiger partial charge in [-0.25, -0.2) is 4.98 Å². The summed E-state index contributed by atoms with van der Waals surface area (Å²) >= 11 is 0. The summed E-state index contributed by atoms with van der Waals surface area (Å²) in [7, 11) is 0. The highest BCUT2D eigenvalue weighted by molar-refractivity contribution is 5.61. The van der Waals surface area contributed by atoms with Crippen molar-refractivity contribution in [1.82, 2.24) is 9.88 Å². The lowest BCUT2D eigenvalue weighted by molar-refractivity contribution is 0.126. The number of hydrogen-bond donors (Lipinski definition) is 0.